The number of aryl methyl sites for hydroxylation is 1. The van der Waals surface area contributed by atoms with Crippen molar-refractivity contribution in [3.05, 3.63) is 45.3 Å². The van der Waals surface area contributed by atoms with Gasteiger partial charge in [-0.3, -0.25) is 4.90 Å². The van der Waals surface area contributed by atoms with Crippen molar-refractivity contribution in [1.82, 2.24) is 15.1 Å². The third-order valence-electron chi connectivity index (χ3n) is 3.99. The minimum atomic E-state index is 0.496. The van der Waals surface area contributed by atoms with Crippen molar-refractivity contribution in [1.29, 1.82) is 0 Å². The number of thiophene rings is 2. The molecule has 0 spiro atoms. The monoisotopic (exact) mass is 331 g/mol. The molecule has 1 aliphatic heterocycles. The molecule has 1 atom stereocenters. The maximum absolute atomic E-state index is 5.83. The first-order valence-electron chi connectivity index (χ1n) is 7.46. The van der Waals surface area contributed by atoms with Gasteiger partial charge in [-0.1, -0.05) is 6.07 Å². The van der Waals surface area contributed by atoms with Crippen molar-refractivity contribution in [3.8, 4) is 10.8 Å². The topological polar surface area (TPSA) is 42.2 Å². The smallest absolute Gasteiger partial charge is 0.257 e. The maximum atomic E-state index is 5.83. The molecule has 4 heterocycles. The Morgan fingerprint density at radius 3 is 3.05 bits per heavy atom. The molecule has 3 aromatic heterocycles. The van der Waals surface area contributed by atoms with Crippen molar-refractivity contribution < 1.29 is 4.42 Å². The average Bonchev–Trinajstić information content (AvgIpc) is 3.26. The lowest BCUT2D eigenvalue weighted by Crippen LogP contribution is -2.22. The zero-order valence-electron chi connectivity index (χ0n) is 12.4. The van der Waals surface area contributed by atoms with Crippen LogP contribution in [0.2, 0.25) is 0 Å². The lowest BCUT2D eigenvalue weighted by Gasteiger charge is -2.21. The van der Waals surface area contributed by atoms with E-state index in [1.807, 2.05) is 28.8 Å². The van der Waals surface area contributed by atoms with E-state index in [-0.39, 0.29) is 0 Å². The summed E-state index contributed by atoms with van der Waals surface area (Å²) in [5.74, 6) is 1.34. The number of rotatable bonds is 4. The van der Waals surface area contributed by atoms with Gasteiger partial charge in [0.2, 0.25) is 5.89 Å². The predicted octanol–water partition coefficient (Wildman–Crippen LogP) is 4.51. The number of likely N-dealkylation sites (tertiary alicyclic amines) is 1. The zero-order chi connectivity index (χ0) is 14.9. The Morgan fingerprint density at radius 2 is 2.27 bits per heavy atom. The molecule has 4 rings (SSSR count). The molecule has 0 radical (unpaired) electrons. The van der Waals surface area contributed by atoms with Gasteiger partial charge in [0, 0.05) is 15.8 Å². The van der Waals surface area contributed by atoms with Crippen molar-refractivity contribution in [2.45, 2.75) is 32.4 Å². The van der Waals surface area contributed by atoms with Crippen LogP contribution in [0.15, 0.2) is 34.1 Å². The van der Waals surface area contributed by atoms with E-state index in [0.29, 0.717) is 17.8 Å². The highest BCUT2D eigenvalue weighted by Crippen LogP contribution is 2.36. The summed E-state index contributed by atoms with van der Waals surface area (Å²) in [5.41, 5.74) is 0. The summed E-state index contributed by atoms with van der Waals surface area (Å²) in [6.07, 6.45) is 2.44. The van der Waals surface area contributed by atoms with Gasteiger partial charge in [0.05, 0.1) is 11.4 Å². The van der Waals surface area contributed by atoms with E-state index in [2.05, 4.69) is 34.2 Å². The van der Waals surface area contributed by atoms with Crippen LogP contribution in [0.25, 0.3) is 10.8 Å². The molecule has 0 aliphatic carbocycles. The Bertz CT molecular complexity index is 747. The van der Waals surface area contributed by atoms with E-state index in [4.69, 9.17) is 4.42 Å². The van der Waals surface area contributed by atoms with E-state index in [1.54, 1.807) is 11.3 Å². The van der Waals surface area contributed by atoms with Gasteiger partial charge in [0.1, 0.15) is 0 Å². The molecular formula is C16H17N3OS2. The van der Waals surface area contributed by atoms with Crippen LogP contribution in [0, 0.1) is 6.92 Å². The summed E-state index contributed by atoms with van der Waals surface area (Å²) in [6, 6.07) is 8.97. The van der Waals surface area contributed by atoms with Crippen LogP contribution < -0.4 is 0 Å². The van der Waals surface area contributed by atoms with Gasteiger partial charge < -0.3 is 4.42 Å². The Hall–Kier alpha value is -1.50. The quantitative estimate of drug-likeness (QED) is 0.705. The fraction of sp³-hybridized carbons (Fsp3) is 0.375. The van der Waals surface area contributed by atoms with Gasteiger partial charge >= 0.3 is 0 Å². The molecule has 1 aliphatic rings. The highest BCUT2D eigenvalue weighted by molar-refractivity contribution is 7.13. The molecule has 1 saturated heterocycles. The Morgan fingerprint density at radius 1 is 1.32 bits per heavy atom. The van der Waals surface area contributed by atoms with Crippen molar-refractivity contribution in [2.24, 2.45) is 0 Å². The van der Waals surface area contributed by atoms with Gasteiger partial charge in [0.15, 0.2) is 0 Å². The van der Waals surface area contributed by atoms with Gasteiger partial charge in [0.25, 0.3) is 5.89 Å². The molecule has 0 aromatic carbocycles. The number of nitrogens with zero attached hydrogens (tertiary/aromatic N) is 3. The lowest BCUT2D eigenvalue weighted by molar-refractivity contribution is 0.227. The third kappa shape index (κ3) is 2.74. The average molecular weight is 331 g/mol. The van der Waals surface area contributed by atoms with Crippen LogP contribution in [0.5, 0.6) is 0 Å². The van der Waals surface area contributed by atoms with Crippen LogP contribution >= 0.6 is 22.7 Å². The molecular weight excluding hydrogens is 314 g/mol. The summed E-state index contributed by atoms with van der Waals surface area (Å²) >= 11 is 3.52. The molecule has 0 amide bonds. The van der Waals surface area contributed by atoms with E-state index >= 15 is 0 Å². The van der Waals surface area contributed by atoms with Gasteiger partial charge in [-0.2, -0.15) is 0 Å². The normalized spacial score (nSPS) is 19.0. The first kappa shape index (κ1) is 14.1. The van der Waals surface area contributed by atoms with Crippen LogP contribution in [0.3, 0.4) is 0 Å². The Kier molecular flexibility index (Phi) is 3.82. The number of hydrogen-bond acceptors (Lipinski definition) is 6. The summed E-state index contributed by atoms with van der Waals surface area (Å²) < 4.78 is 5.83. The largest absolute Gasteiger partial charge is 0.419 e. The molecule has 0 bridgehead atoms. The molecule has 114 valence electrons. The Balaban J connectivity index is 1.50. The van der Waals surface area contributed by atoms with Crippen molar-refractivity contribution in [2.75, 3.05) is 6.54 Å². The Labute approximate surface area is 137 Å². The van der Waals surface area contributed by atoms with E-state index in [0.717, 1.165) is 18.0 Å². The van der Waals surface area contributed by atoms with Crippen LogP contribution in [-0.2, 0) is 6.54 Å². The lowest BCUT2D eigenvalue weighted by atomic mass is 10.2. The predicted molar refractivity (Wildman–Crippen MR) is 89.1 cm³/mol. The zero-order valence-corrected chi connectivity index (χ0v) is 14.0. The van der Waals surface area contributed by atoms with Crippen molar-refractivity contribution >= 4 is 22.7 Å². The van der Waals surface area contributed by atoms with E-state index < -0.39 is 0 Å². The first-order chi connectivity index (χ1) is 10.8. The molecule has 1 fully saturated rings. The molecule has 0 unspecified atom stereocenters. The molecule has 3 aromatic rings. The second kappa shape index (κ2) is 5.95. The van der Waals surface area contributed by atoms with Gasteiger partial charge in [-0.25, -0.2) is 0 Å². The molecule has 0 N–H and O–H groups in total. The maximum Gasteiger partial charge on any atom is 0.257 e. The SMILES string of the molecule is Cc1ccc([C@H]2CCCN2Cc2nnc(-c3cccs3)o2)s1. The van der Waals surface area contributed by atoms with Gasteiger partial charge in [-0.05, 0) is 49.9 Å². The van der Waals surface area contributed by atoms with E-state index in [1.165, 1.54) is 22.6 Å². The highest BCUT2D eigenvalue weighted by atomic mass is 32.1. The first-order valence-corrected chi connectivity index (χ1v) is 9.16. The fourth-order valence-corrected chi connectivity index (χ4v) is 4.65. The minimum absolute atomic E-state index is 0.496. The standard InChI is InChI=1S/C16H17N3OS2/c1-11-6-7-13(22-11)12-4-2-8-19(12)10-15-17-18-16(20-15)14-5-3-9-21-14/h3,5-7,9,12H,2,4,8,10H2,1H3/t12-/m1/s1. The summed E-state index contributed by atoms with van der Waals surface area (Å²) in [5, 5.41) is 10.4. The second-order valence-corrected chi connectivity index (χ2v) is 7.82. The van der Waals surface area contributed by atoms with E-state index in [9.17, 15) is 0 Å². The van der Waals surface area contributed by atoms with Crippen LogP contribution in [-0.4, -0.2) is 21.6 Å². The minimum Gasteiger partial charge on any atom is -0.419 e. The number of hydrogen-bond donors (Lipinski definition) is 0. The third-order valence-corrected chi connectivity index (χ3v) is 5.95. The van der Waals surface area contributed by atoms with Gasteiger partial charge in [-0.15, -0.1) is 32.9 Å². The molecule has 22 heavy (non-hydrogen) atoms. The summed E-state index contributed by atoms with van der Waals surface area (Å²) in [7, 11) is 0. The number of aromatic nitrogens is 2. The van der Waals surface area contributed by atoms with Crippen LogP contribution in [0.1, 0.15) is 34.5 Å². The summed E-state index contributed by atoms with van der Waals surface area (Å²) in [4.78, 5) is 6.31. The second-order valence-electron chi connectivity index (χ2n) is 5.56. The fourth-order valence-electron chi connectivity index (χ4n) is 2.96. The molecule has 0 saturated carbocycles. The molecule has 4 nitrogen and oxygen atoms in total. The highest BCUT2D eigenvalue weighted by Gasteiger charge is 2.28. The van der Waals surface area contributed by atoms with Crippen molar-refractivity contribution in [3.63, 3.8) is 0 Å². The van der Waals surface area contributed by atoms with Crippen LogP contribution in [0.4, 0.5) is 0 Å². The summed E-state index contributed by atoms with van der Waals surface area (Å²) in [6.45, 7) is 4.00. The molecule has 6 heteroatoms.